The van der Waals surface area contributed by atoms with E-state index >= 15 is 0 Å². The topological polar surface area (TPSA) is 11.4 Å². The highest BCUT2D eigenvalue weighted by Crippen LogP contribution is 2.54. The Morgan fingerprint density at radius 2 is 1.26 bits per heavy atom. The predicted molar refractivity (Wildman–Crippen MR) is 179 cm³/mol. The minimum atomic E-state index is -0.0119. The van der Waals surface area contributed by atoms with Crippen molar-refractivity contribution in [1.29, 1.82) is 0 Å². The summed E-state index contributed by atoms with van der Waals surface area (Å²) in [5.74, 6) is 0. The van der Waals surface area contributed by atoms with E-state index in [-0.39, 0.29) is 6.17 Å². The monoisotopic (exact) mass is 541 g/mol. The van der Waals surface area contributed by atoms with Crippen LogP contribution in [0.15, 0.2) is 146 Å². The molecular formula is C39H31N3. The van der Waals surface area contributed by atoms with E-state index in [2.05, 4.69) is 151 Å². The van der Waals surface area contributed by atoms with Crippen molar-refractivity contribution in [2.45, 2.75) is 20.0 Å². The molecule has 3 nitrogen and oxygen atoms in total. The van der Waals surface area contributed by atoms with E-state index in [1.54, 1.807) is 0 Å². The Morgan fingerprint density at radius 3 is 2.07 bits per heavy atom. The summed E-state index contributed by atoms with van der Waals surface area (Å²) in [5, 5.41) is 2.51. The molecule has 2 aliphatic rings. The number of fused-ring (bicyclic) bond motifs is 9. The van der Waals surface area contributed by atoms with Gasteiger partial charge < -0.3 is 14.4 Å². The van der Waals surface area contributed by atoms with Crippen LogP contribution in [0.4, 0.5) is 17.1 Å². The van der Waals surface area contributed by atoms with Crippen molar-refractivity contribution in [3.63, 3.8) is 0 Å². The molecule has 0 unspecified atom stereocenters. The van der Waals surface area contributed by atoms with Gasteiger partial charge in [-0.2, -0.15) is 0 Å². The zero-order valence-electron chi connectivity index (χ0n) is 23.9. The highest BCUT2D eigenvalue weighted by atomic mass is 15.4. The predicted octanol–water partition coefficient (Wildman–Crippen LogP) is 10.4. The van der Waals surface area contributed by atoms with Crippen LogP contribution in [0.3, 0.4) is 0 Å². The van der Waals surface area contributed by atoms with Gasteiger partial charge in [0.25, 0.3) is 0 Å². The zero-order chi connectivity index (χ0) is 28.5. The lowest BCUT2D eigenvalue weighted by Gasteiger charge is -2.33. The van der Waals surface area contributed by atoms with Crippen LogP contribution in [0, 0.1) is 0 Å². The maximum absolute atomic E-state index is 4.59. The van der Waals surface area contributed by atoms with Crippen LogP contribution in [0.1, 0.15) is 13.8 Å². The maximum Gasteiger partial charge on any atom is 0.108 e. The molecule has 0 fully saturated rings. The quantitative estimate of drug-likeness (QED) is 0.207. The Labute approximate surface area is 246 Å². The average molecular weight is 542 g/mol. The molecular weight excluding hydrogens is 510 g/mol. The van der Waals surface area contributed by atoms with E-state index in [0.717, 1.165) is 22.6 Å². The molecule has 202 valence electrons. The molecule has 0 N–H and O–H groups in total. The lowest BCUT2D eigenvalue weighted by Crippen LogP contribution is -2.38. The van der Waals surface area contributed by atoms with Crippen LogP contribution in [-0.2, 0) is 0 Å². The average Bonchev–Trinajstić information content (AvgIpc) is 3.52. The van der Waals surface area contributed by atoms with Crippen molar-refractivity contribution in [3.8, 4) is 27.9 Å². The number of aromatic nitrogens is 1. The molecule has 0 bridgehead atoms. The van der Waals surface area contributed by atoms with Crippen LogP contribution in [0.2, 0.25) is 0 Å². The molecule has 0 saturated carbocycles. The summed E-state index contributed by atoms with van der Waals surface area (Å²) in [5.41, 5.74) is 14.1. The molecule has 6 aromatic rings. The lowest BCUT2D eigenvalue weighted by molar-refractivity contribution is 0.738. The molecule has 0 aliphatic carbocycles. The second-order valence-corrected chi connectivity index (χ2v) is 11.2. The van der Waals surface area contributed by atoms with Gasteiger partial charge in [-0.15, -0.1) is 0 Å². The molecule has 8 rings (SSSR count). The van der Waals surface area contributed by atoms with E-state index in [1.807, 2.05) is 12.2 Å². The zero-order valence-corrected chi connectivity index (χ0v) is 23.9. The molecule has 0 saturated heterocycles. The molecule has 3 heterocycles. The summed E-state index contributed by atoms with van der Waals surface area (Å²) in [6, 6.07) is 39.9. The van der Waals surface area contributed by atoms with E-state index in [0.29, 0.717) is 0 Å². The van der Waals surface area contributed by atoms with Crippen molar-refractivity contribution < 1.29 is 0 Å². The maximum atomic E-state index is 4.59. The minimum absolute atomic E-state index is 0.0119. The molecule has 2 aliphatic heterocycles. The van der Waals surface area contributed by atoms with Gasteiger partial charge in [-0.25, -0.2) is 0 Å². The Morgan fingerprint density at radius 1 is 0.667 bits per heavy atom. The third kappa shape index (κ3) is 3.22. The molecule has 42 heavy (non-hydrogen) atoms. The first-order valence-electron chi connectivity index (χ1n) is 14.5. The second kappa shape index (κ2) is 9.12. The fraction of sp³-hybridized carbons (Fsp3) is 0.0769. The van der Waals surface area contributed by atoms with Crippen LogP contribution >= 0.6 is 0 Å². The number of anilines is 3. The number of para-hydroxylation sites is 4. The van der Waals surface area contributed by atoms with Crippen LogP contribution in [0.25, 0.3) is 49.7 Å². The Kier molecular flexibility index (Phi) is 5.32. The SMILES string of the molecule is C=C/C=C(/C)C(=C)N1c2cccc3c2N(c2ccccc2-c2ccccc2-c2cccc4c5ccccc5n-3c24)[C@@H]1C. The van der Waals surface area contributed by atoms with Gasteiger partial charge in [-0.1, -0.05) is 110 Å². The van der Waals surface area contributed by atoms with Gasteiger partial charge in [0.15, 0.2) is 0 Å². The van der Waals surface area contributed by atoms with Crippen molar-refractivity contribution >= 4 is 38.9 Å². The van der Waals surface area contributed by atoms with E-state index in [1.165, 1.54) is 55.4 Å². The number of hydrogen-bond acceptors (Lipinski definition) is 2. The molecule has 0 spiro atoms. The fourth-order valence-electron chi connectivity index (χ4n) is 7.15. The summed E-state index contributed by atoms with van der Waals surface area (Å²) >= 11 is 0. The third-order valence-corrected chi connectivity index (χ3v) is 8.96. The summed E-state index contributed by atoms with van der Waals surface area (Å²) < 4.78 is 2.49. The first kappa shape index (κ1) is 24.5. The van der Waals surface area contributed by atoms with E-state index in [9.17, 15) is 0 Å². The largest absolute Gasteiger partial charge is 0.319 e. The number of hydrogen-bond donors (Lipinski definition) is 0. The van der Waals surface area contributed by atoms with Crippen molar-refractivity contribution in [3.05, 3.63) is 146 Å². The number of benzene rings is 5. The van der Waals surface area contributed by atoms with Crippen LogP contribution in [0.5, 0.6) is 0 Å². The van der Waals surface area contributed by atoms with Gasteiger partial charge in [0.05, 0.1) is 33.8 Å². The Balaban J connectivity index is 1.59. The molecule has 0 radical (unpaired) electrons. The van der Waals surface area contributed by atoms with Gasteiger partial charge in [0.2, 0.25) is 0 Å². The smallest absolute Gasteiger partial charge is 0.108 e. The highest BCUT2D eigenvalue weighted by Gasteiger charge is 2.39. The first-order chi connectivity index (χ1) is 20.6. The summed E-state index contributed by atoms with van der Waals surface area (Å²) in [4.78, 5) is 4.89. The molecule has 5 aromatic carbocycles. The minimum Gasteiger partial charge on any atom is -0.319 e. The summed E-state index contributed by atoms with van der Waals surface area (Å²) in [6.07, 6.45) is 3.87. The fourth-order valence-corrected chi connectivity index (χ4v) is 7.15. The van der Waals surface area contributed by atoms with Crippen molar-refractivity contribution in [1.82, 2.24) is 4.57 Å². The standard InChI is InChI=1S/C39H31N3/c1-5-14-25(2)26(3)40-27(4)41-34-21-10-8-17-30(34)28-15-6-7-16-29(28)32-19-12-20-33-31-18-9-11-22-35(31)42(38(32)33)37-24-13-23-36(40)39(37)41/h5-24,27H,1,3H2,2,4H3/b25-14-/t27-/m1/s1. The summed E-state index contributed by atoms with van der Waals surface area (Å²) in [6.45, 7) is 12.9. The summed E-state index contributed by atoms with van der Waals surface area (Å²) in [7, 11) is 0. The van der Waals surface area contributed by atoms with E-state index in [4.69, 9.17) is 0 Å². The molecule has 1 atom stereocenters. The van der Waals surface area contributed by atoms with Gasteiger partial charge in [-0.3, -0.25) is 0 Å². The molecule has 3 heteroatoms. The van der Waals surface area contributed by atoms with Crippen LogP contribution in [-0.4, -0.2) is 10.7 Å². The van der Waals surface area contributed by atoms with Gasteiger partial charge in [0, 0.05) is 27.6 Å². The van der Waals surface area contributed by atoms with Crippen molar-refractivity contribution in [2.75, 3.05) is 9.80 Å². The van der Waals surface area contributed by atoms with Crippen molar-refractivity contribution in [2.24, 2.45) is 0 Å². The lowest BCUT2D eigenvalue weighted by atomic mass is 9.91. The van der Waals surface area contributed by atoms with Crippen LogP contribution < -0.4 is 9.80 Å². The normalized spacial score (nSPS) is 15.4. The Hall–Kier alpha value is -5.28. The molecule has 0 amide bonds. The highest BCUT2D eigenvalue weighted by molar-refractivity contribution is 6.16. The number of rotatable bonds is 3. The third-order valence-electron chi connectivity index (χ3n) is 8.96. The van der Waals surface area contributed by atoms with Gasteiger partial charge >= 0.3 is 0 Å². The van der Waals surface area contributed by atoms with Gasteiger partial charge in [0.1, 0.15) is 6.17 Å². The Bertz CT molecular complexity index is 2130. The molecule has 1 aromatic heterocycles. The number of nitrogens with zero attached hydrogens (tertiary/aromatic N) is 3. The first-order valence-corrected chi connectivity index (χ1v) is 14.5. The second-order valence-electron chi connectivity index (χ2n) is 11.2. The number of allylic oxidation sites excluding steroid dienone is 3. The van der Waals surface area contributed by atoms with E-state index < -0.39 is 0 Å². The van der Waals surface area contributed by atoms with Gasteiger partial charge in [-0.05, 0) is 54.8 Å².